The highest BCUT2D eigenvalue weighted by Crippen LogP contribution is 2.23. The van der Waals surface area contributed by atoms with E-state index in [1.807, 2.05) is 29.6 Å². The lowest BCUT2D eigenvalue weighted by atomic mass is 10.2. The van der Waals surface area contributed by atoms with Crippen molar-refractivity contribution >= 4 is 23.2 Å². The van der Waals surface area contributed by atoms with E-state index in [1.54, 1.807) is 28.6 Å². The highest BCUT2D eigenvalue weighted by Gasteiger charge is 2.35. The van der Waals surface area contributed by atoms with Gasteiger partial charge in [-0.3, -0.25) is 14.6 Å². The Morgan fingerprint density at radius 1 is 1.41 bits per heavy atom. The van der Waals surface area contributed by atoms with E-state index >= 15 is 0 Å². The van der Waals surface area contributed by atoms with Gasteiger partial charge in [0, 0.05) is 30.2 Å². The van der Waals surface area contributed by atoms with Gasteiger partial charge in [-0.15, -0.1) is 11.3 Å². The molecule has 2 aromatic heterocycles. The number of pyridine rings is 1. The van der Waals surface area contributed by atoms with Crippen LogP contribution in [0.2, 0.25) is 0 Å². The molecule has 2 aromatic rings. The lowest BCUT2D eigenvalue weighted by molar-refractivity contribution is -0.135. The summed E-state index contributed by atoms with van der Waals surface area (Å²) in [6, 6.07) is 7.32. The van der Waals surface area contributed by atoms with Crippen molar-refractivity contribution in [2.24, 2.45) is 0 Å². The van der Waals surface area contributed by atoms with Gasteiger partial charge in [-0.05, 0) is 29.5 Å². The van der Waals surface area contributed by atoms with Crippen LogP contribution in [0, 0.1) is 0 Å². The van der Waals surface area contributed by atoms with E-state index in [0.29, 0.717) is 25.9 Å². The molecule has 1 N–H and O–H groups in total. The number of hydrogen-bond donors (Lipinski definition) is 1. The summed E-state index contributed by atoms with van der Waals surface area (Å²) in [5.74, 6) is -0.0406. The zero-order chi connectivity index (χ0) is 15.4. The fourth-order valence-electron chi connectivity index (χ4n) is 2.58. The Hall–Kier alpha value is -2.21. The minimum atomic E-state index is -0.369. The number of aromatic nitrogens is 1. The predicted molar refractivity (Wildman–Crippen MR) is 84.0 cm³/mol. The molecule has 1 saturated heterocycles. The van der Waals surface area contributed by atoms with Gasteiger partial charge in [0.15, 0.2) is 0 Å². The first-order valence-corrected chi connectivity index (χ1v) is 8.10. The number of carbonyl (C=O) groups excluding carboxylic acids is 2. The van der Waals surface area contributed by atoms with Crippen molar-refractivity contribution in [3.8, 4) is 0 Å². The maximum atomic E-state index is 12.4. The summed E-state index contributed by atoms with van der Waals surface area (Å²) in [5, 5.41) is 4.88. The van der Waals surface area contributed by atoms with Crippen LogP contribution in [0.25, 0.3) is 0 Å². The Kier molecular flexibility index (Phi) is 4.48. The molecule has 1 fully saturated rings. The maximum absolute atomic E-state index is 12.4. The number of amides is 2. The van der Waals surface area contributed by atoms with E-state index in [2.05, 4.69) is 10.3 Å². The van der Waals surface area contributed by atoms with E-state index in [9.17, 15) is 9.59 Å². The third-order valence-corrected chi connectivity index (χ3v) is 4.59. The van der Waals surface area contributed by atoms with Crippen LogP contribution in [0.1, 0.15) is 23.3 Å². The Morgan fingerprint density at radius 2 is 2.32 bits per heavy atom. The fraction of sp³-hybridized carbons (Fsp3) is 0.312. The summed E-state index contributed by atoms with van der Waals surface area (Å²) in [7, 11) is 0. The number of rotatable bonds is 5. The standard InChI is InChI=1S/C16H17N3O2S/c20-15-6-5-14(19(15)11-13-4-2-8-22-13)16(21)18-10-12-3-1-7-17-9-12/h1-4,7-9,14H,5-6,10-11H2,(H,18,21). The molecule has 0 bridgehead atoms. The summed E-state index contributed by atoms with van der Waals surface area (Å²) in [5.41, 5.74) is 0.949. The van der Waals surface area contributed by atoms with Crippen molar-refractivity contribution in [3.05, 3.63) is 52.5 Å². The molecule has 1 aliphatic heterocycles. The molecule has 6 heteroatoms. The lowest BCUT2D eigenvalue weighted by Crippen LogP contribution is -2.44. The quantitative estimate of drug-likeness (QED) is 0.917. The minimum Gasteiger partial charge on any atom is -0.350 e. The number of nitrogens with zero attached hydrogens (tertiary/aromatic N) is 2. The molecule has 3 rings (SSSR count). The maximum Gasteiger partial charge on any atom is 0.243 e. The smallest absolute Gasteiger partial charge is 0.243 e. The normalized spacial score (nSPS) is 17.7. The van der Waals surface area contributed by atoms with Crippen LogP contribution in [0.5, 0.6) is 0 Å². The monoisotopic (exact) mass is 315 g/mol. The van der Waals surface area contributed by atoms with Crippen LogP contribution in [-0.4, -0.2) is 27.7 Å². The van der Waals surface area contributed by atoms with Gasteiger partial charge >= 0.3 is 0 Å². The molecule has 1 atom stereocenters. The minimum absolute atomic E-state index is 0.0509. The van der Waals surface area contributed by atoms with E-state index in [0.717, 1.165) is 10.4 Å². The predicted octanol–water partition coefficient (Wildman–Crippen LogP) is 1.95. The third-order valence-electron chi connectivity index (χ3n) is 3.73. The van der Waals surface area contributed by atoms with Gasteiger partial charge in [0.2, 0.25) is 11.8 Å². The van der Waals surface area contributed by atoms with Crippen molar-refractivity contribution in [1.82, 2.24) is 15.2 Å². The second-order valence-corrected chi connectivity index (χ2v) is 6.27. The van der Waals surface area contributed by atoms with E-state index in [1.165, 1.54) is 0 Å². The SMILES string of the molecule is O=C(NCc1cccnc1)C1CCC(=O)N1Cc1cccs1. The summed E-state index contributed by atoms with van der Waals surface area (Å²) < 4.78 is 0. The zero-order valence-electron chi connectivity index (χ0n) is 12.1. The van der Waals surface area contributed by atoms with Gasteiger partial charge in [0.05, 0.1) is 6.54 Å². The number of hydrogen-bond acceptors (Lipinski definition) is 4. The van der Waals surface area contributed by atoms with Gasteiger partial charge in [0.25, 0.3) is 0 Å². The van der Waals surface area contributed by atoms with E-state index in [4.69, 9.17) is 0 Å². The highest BCUT2D eigenvalue weighted by molar-refractivity contribution is 7.09. The molecule has 2 amide bonds. The van der Waals surface area contributed by atoms with Crippen LogP contribution < -0.4 is 5.32 Å². The topological polar surface area (TPSA) is 62.3 Å². The third kappa shape index (κ3) is 3.33. The first-order valence-electron chi connectivity index (χ1n) is 7.22. The van der Waals surface area contributed by atoms with Gasteiger partial charge in [0.1, 0.15) is 6.04 Å². The average molecular weight is 315 g/mol. The molecule has 1 aliphatic rings. The first-order chi connectivity index (χ1) is 10.7. The summed E-state index contributed by atoms with van der Waals surface area (Å²) in [6.45, 7) is 0.950. The molecule has 1 unspecified atom stereocenters. The molecule has 114 valence electrons. The van der Waals surface area contributed by atoms with Gasteiger partial charge in [-0.25, -0.2) is 0 Å². The highest BCUT2D eigenvalue weighted by atomic mass is 32.1. The number of likely N-dealkylation sites (tertiary alicyclic amines) is 1. The number of carbonyl (C=O) groups is 2. The fourth-order valence-corrected chi connectivity index (χ4v) is 3.29. The summed E-state index contributed by atoms with van der Waals surface area (Å²) in [6.07, 6.45) is 4.45. The Morgan fingerprint density at radius 3 is 3.05 bits per heavy atom. The van der Waals surface area contributed by atoms with Crippen molar-refractivity contribution in [2.75, 3.05) is 0 Å². The van der Waals surface area contributed by atoms with Crippen molar-refractivity contribution < 1.29 is 9.59 Å². The van der Waals surface area contributed by atoms with Crippen LogP contribution in [0.3, 0.4) is 0 Å². The van der Waals surface area contributed by atoms with Crippen molar-refractivity contribution in [2.45, 2.75) is 32.0 Å². The second-order valence-electron chi connectivity index (χ2n) is 5.23. The molecule has 0 aromatic carbocycles. The van der Waals surface area contributed by atoms with Crippen LogP contribution in [0.15, 0.2) is 42.0 Å². The molecule has 22 heavy (non-hydrogen) atoms. The van der Waals surface area contributed by atoms with Gasteiger partial charge < -0.3 is 10.2 Å². The molecule has 0 spiro atoms. The molecular weight excluding hydrogens is 298 g/mol. The molecule has 0 aliphatic carbocycles. The zero-order valence-corrected chi connectivity index (χ0v) is 12.9. The van der Waals surface area contributed by atoms with Crippen LogP contribution in [0.4, 0.5) is 0 Å². The average Bonchev–Trinajstić information content (AvgIpc) is 3.17. The number of nitrogens with one attached hydrogen (secondary N) is 1. The van der Waals surface area contributed by atoms with Crippen LogP contribution in [-0.2, 0) is 22.7 Å². The largest absolute Gasteiger partial charge is 0.350 e. The van der Waals surface area contributed by atoms with E-state index in [-0.39, 0.29) is 17.9 Å². The first kappa shape index (κ1) is 14.7. The Balaban J connectivity index is 1.61. The second kappa shape index (κ2) is 6.70. The Labute approximate surface area is 133 Å². The molecule has 0 radical (unpaired) electrons. The molecule has 3 heterocycles. The molecule has 0 saturated carbocycles. The van der Waals surface area contributed by atoms with E-state index < -0.39 is 0 Å². The Bertz CT molecular complexity index is 643. The van der Waals surface area contributed by atoms with Gasteiger partial charge in [-0.1, -0.05) is 12.1 Å². The number of thiophene rings is 1. The summed E-state index contributed by atoms with van der Waals surface area (Å²) >= 11 is 1.60. The summed E-state index contributed by atoms with van der Waals surface area (Å²) in [4.78, 5) is 31.2. The molecular formula is C16H17N3O2S. The molecule has 5 nitrogen and oxygen atoms in total. The lowest BCUT2D eigenvalue weighted by Gasteiger charge is -2.23. The van der Waals surface area contributed by atoms with Crippen molar-refractivity contribution in [3.63, 3.8) is 0 Å². The van der Waals surface area contributed by atoms with Gasteiger partial charge in [-0.2, -0.15) is 0 Å². The van der Waals surface area contributed by atoms with Crippen LogP contribution >= 0.6 is 11.3 Å². The van der Waals surface area contributed by atoms with Crippen molar-refractivity contribution in [1.29, 1.82) is 0 Å².